The summed E-state index contributed by atoms with van der Waals surface area (Å²) < 4.78 is 0. The zero-order valence-corrected chi connectivity index (χ0v) is 12.3. The molecule has 0 aliphatic carbocycles. The largest absolute Gasteiger partial charge is 0.294 e. The van der Waals surface area contributed by atoms with Crippen molar-refractivity contribution in [2.45, 2.75) is 20.3 Å². The number of hydrogen-bond acceptors (Lipinski definition) is 2. The van der Waals surface area contributed by atoms with Crippen molar-refractivity contribution in [1.82, 2.24) is 0 Å². The molecule has 0 heterocycles. The highest BCUT2D eigenvalue weighted by Crippen LogP contribution is 2.28. The lowest BCUT2D eigenvalue weighted by Crippen LogP contribution is -2.08. The summed E-state index contributed by atoms with van der Waals surface area (Å²) in [4.78, 5) is 24.6. The van der Waals surface area contributed by atoms with E-state index < -0.39 is 0 Å². The highest BCUT2D eigenvalue weighted by molar-refractivity contribution is 6.40. The summed E-state index contributed by atoms with van der Waals surface area (Å²) in [5, 5.41) is 0. The Balaban J connectivity index is 2.75. The number of carbonyl (C=O) groups excluding carboxylic acids is 2. The molecule has 0 amide bonds. The summed E-state index contributed by atoms with van der Waals surface area (Å²) in [6, 6.07) is 18.8. The maximum absolute atomic E-state index is 12.4. The molecule has 0 aromatic heterocycles. The molecule has 0 atom stereocenters. The number of benzene rings is 2. The van der Waals surface area contributed by atoms with Crippen LogP contribution in [0.5, 0.6) is 0 Å². The van der Waals surface area contributed by atoms with Gasteiger partial charge < -0.3 is 0 Å². The van der Waals surface area contributed by atoms with Gasteiger partial charge in [-0.2, -0.15) is 0 Å². The number of hydrogen-bond donors (Lipinski definition) is 0. The molecule has 2 aromatic rings. The Labute approximate surface area is 125 Å². The van der Waals surface area contributed by atoms with E-state index in [0.717, 1.165) is 11.1 Å². The van der Waals surface area contributed by atoms with Gasteiger partial charge in [0, 0.05) is 17.6 Å². The molecule has 0 unspecified atom stereocenters. The van der Waals surface area contributed by atoms with Gasteiger partial charge >= 0.3 is 0 Å². The van der Waals surface area contributed by atoms with E-state index in [1.807, 2.05) is 67.6 Å². The molecule has 2 rings (SSSR count). The second-order valence-corrected chi connectivity index (χ2v) is 4.81. The Morgan fingerprint density at radius 1 is 0.762 bits per heavy atom. The number of rotatable bonds is 5. The van der Waals surface area contributed by atoms with Crippen molar-refractivity contribution in [3.8, 4) is 0 Å². The third-order valence-corrected chi connectivity index (χ3v) is 3.33. The fourth-order valence-electron chi connectivity index (χ4n) is 2.35. The monoisotopic (exact) mass is 278 g/mol. The van der Waals surface area contributed by atoms with Gasteiger partial charge in [-0.05, 0) is 18.1 Å². The van der Waals surface area contributed by atoms with Crippen molar-refractivity contribution < 1.29 is 9.59 Å². The van der Waals surface area contributed by atoms with Gasteiger partial charge in [0.25, 0.3) is 0 Å². The van der Waals surface area contributed by atoms with Crippen LogP contribution in [0.1, 0.15) is 31.4 Å². The van der Waals surface area contributed by atoms with Gasteiger partial charge in [-0.25, -0.2) is 0 Å². The first-order chi connectivity index (χ1) is 10.1. The van der Waals surface area contributed by atoms with Gasteiger partial charge in [0.1, 0.15) is 0 Å². The molecule has 0 fully saturated rings. The van der Waals surface area contributed by atoms with E-state index >= 15 is 0 Å². The van der Waals surface area contributed by atoms with Crippen LogP contribution in [0.4, 0.5) is 0 Å². The molecule has 0 aliphatic rings. The zero-order valence-electron chi connectivity index (χ0n) is 12.3. The molecule has 0 spiro atoms. The van der Waals surface area contributed by atoms with Gasteiger partial charge in [0.05, 0.1) is 0 Å². The van der Waals surface area contributed by atoms with Crippen LogP contribution in [-0.4, -0.2) is 11.6 Å². The molecular weight excluding hydrogens is 260 g/mol. The Morgan fingerprint density at radius 2 is 1.19 bits per heavy atom. The average molecular weight is 278 g/mol. The molecule has 0 saturated carbocycles. The van der Waals surface area contributed by atoms with Crippen LogP contribution in [0, 0.1) is 0 Å². The summed E-state index contributed by atoms with van der Waals surface area (Å²) in [5.74, 6) is -0.114. The lowest BCUT2D eigenvalue weighted by molar-refractivity contribution is -0.114. The Hall–Kier alpha value is -2.48. The first kappa shape index (κ1) is 14.9. The molecule has 0 aliphatic heterocycles. The molecule has 0 radical (unpaired) electrons. The van der Waals surface area contributed by atoms with Crippen LogP contribution in [0.15, 0.2) is 60.7 Å². The van der Waals surface area contributed by atoms with E-state index in [4.69, 9.17) is 0 Å². The third kappa shape index (κ3) is 3.34. The molecule has 2 heteroatoms. The Bertz CT molecular complexity index is 667. The minimum atomic E-state index is -0.0955. The predicted octanol–water partition coefficient (Wildman–Crippen LogP) is 4.17. The van der Waals surface area contributed by atoms with Crippen LogP contribution in [0.2, 0.25) is 0 Å². The van der Waals surface area contributed by atoms with Crippen molar-refractivity contribution in [1.29, 1.82) is 0 Å². The maximum Gasteiger partial charge on any atom is 0.163 e. The molecule has 2 aromatic carbocycles. The first-order valence-corrected chi connectivity index (χ1v) is 7.04. The number of allylic oxidation sites excluding steroid dienone is 2. The van der Waals surface area contributed by atoms with Crippen LogP contribution in [0.3, 0.4) is 0 Å². The third-order valence-electron chi connectivity index (χ3n) is 3.33. The second kappa shape index (κ2) is 6.80. The van der Waals surface area contributed by atoms with Crippen molar-refractivity contribution in [3.05, 3.63) is 71.8 Å². The van der Waals surface area contributed by atoms with E-state index in [1.165, 1.54) is 6.92 Å². The van der Waals surface area contributed by atoms with Gasteiger partial charge in [0.15, 0.2) is 11.6 Å². The molecule has 0 saturated heterocycles. The quantitative estimate of drug-likeness (QED) is 0.607. The van der Waals surface area contributed by atoms with Gasteiger partial charge in [-0.15, -0.1) is 0 Å². The summed E-state index contributed by atoms with van der Waals surface area (Å²) >= 11 is 0. The van der Waals surface area contributed by atoms with E-state index in [1.54, 1.807) is 0 Å². The molecular formula is C19H18O2. The van der Waals surface area contributed by atoms with Crippen molar-refractivity contribution in [3.63, 3.8) is 0 Å². The van der Waals surface area contributed by atoms with Crippen LogP contribution >= 0.6 is 0 Å². The molecule has 106 valence electrons. The van der Waals surface area contributed by atoms with E-state index in [0.29, 0.717) is 17.6 Å². The lowest BCUT2D eigenvalue weighted by atomic mass is 9.89. The summed E-state index contributed by atoms with van der Waals surface area (Å²) in [6.07, 6.45) is 0.369. The Morgan fingerprint density at radius 3 is 1.57 bits per heavy atom. The summed E-state index contributed by atoms with van der Waals surface area (Å²) in [5.41, 5.74) is 2.58. The zero-order chi connectivity index (χ0) is 15.2. The van der Waals surface area contributed by atoms with Gasteiger partial charge in [-0.1, -0.05) is 67.6 Å². The minimum absolute atomic E-state index is 0.0183. The van der Waals surface area contributed by atoms with Crippen molar-refractivity contribution in [2.24, 2.45) is 0 Å². The van der Waals surface area contributed by atoms with Crippen molar-refractivity contribution in [2.75, 3.05) is 0 Å². The van der Waals surface area contributed by atoms with Crippen molar-refractivity contribution >= 4 is 22.7 Å². The normalized spacial score (nSPS) is 11.7. The fourth-order valence-corrected chi connectivity index (χ4v) is 2.35. The first-order valence-electron chi connectivity index (χ1n) is 7.04. The minimum Gasteiger partial charge on any atom is -0.294 e. The number of carbonyl (C=O) groups is 2. The van der Waals surface area contributed by atoms with Crippen LogP contribution < -0.4 is 0 Å². The van der Waals surface area contributed by atoms with Gasteiger partial charge in [-0.3, -0.25) is 9.59 Å². The van der Waals surface area contributed by atoms with E-state index in [-0.39, 0.29) is 11.6 Å². The molecule has 2 nitrogen and oxygen atoms in total. The lowest BCUT2D eigenvalue weighted by Gasteiger charge is -2.13. The average Bonchev–Trinajstić information content (AvgIpc) is 2.53. The Kier molecular flexibility index (Phi) is 4.83. The van der Waals surface area contributed by atoms with Gasteiger partial charge in [0.2, 0.25) is 0 Å². The predicted molar refractivity (Wildman–Crippen MR) is 85.7 cm³/mol. The fraction of sp³-hybridized carbons (Fsp3) is 0.158. The second-order valence-electron chi connectivity index (χ2n) is 4.81. The van der Waals surface area contributed by atoms with Crippen LogP contribution in [0.25, 0.3) is 11.1 Å². The number of ketones is 2. The van der Waals surface area contributed by atoms with E-state index in [2.05, 4.69) is 0 Å². The molecule has 0 N–H and O–H groups in total. The SMILES string of the molecule is CCC(=O)/C(=C(\C(C)=O)c1ccccc1)c1ccccc1. The summed E-state index contributed by atoms with van der Waals surface area (Å²) in [6.45, 7) is 3.32. The highest BCUT2D eigenvalue weighted by atomic mass is 16.1. The topological polar surface area (TPSA) is 34.1 Å². The summed E-state index contributed by atoms with van der Waals surface area (Å²) in [7, 11) is 0. The maximum atomic E-state index is 12.4. The highest BCUT2D eigenvalue weighted by Gasteiger charge is 2.20. The van der Waals surface area contributed by atoms with Crippen LogP contribution in [-0.2, 0) is 9.59 Å². The molecule has 0 bridgehead atoms. The number of Topliss-reactive ketones (excluding diaryl/α,β-unsaturated/α-hetero) is 2. The smallest absolute Gasteiger partial charge is 0.163 e. The molecule has 21 heavy (non-hydrogen) atoms. The van der Waals surface area contributed by atoms with E-state index in [9.17, 15) is 9.59 Å². The standard InChI is InChI=1S/C19H18O2/c1-3-17(21)19(16-12-8-5-9-13-16)18(14(2)20)15-10-6-4-7-11-15/h4-13H,3H2,1-2H3/b19-18+.